The molecular weight excluding hydrogens is 286 g/mol. The highest BCUT2D eigenvalue weighted by atomic mass is 32.2. The first-order valence-corrected chi connectivity index (χ1v) is 8.90. The molecule has 0 amide bonds. The van der Waals surface area contributed by atoms with Crippen molar-refractivity contribution in [1.82, 2.24) is 9.29 Å². The van der Waals surface area contributed by atoms with Gasteiger partial charge in [0.2, 0.25) is 10.0 Å². The maximum absolute atomic E-state index is 12.8. The van der Waals surface area contributed by atoms with Crippen molar-refractivity contribution in [1.29, 1.82) is 0 Å². The SMILES string of the molecule is CCCNc1ccncc1S(=O)(=O)N(C)C(C)CC(C)C. The lowest BCUT2D eigenvalue weighted by Gasteiger charge is -2.26. The molecule has 0 spiro atoms. The zero-order chi connectivity index (χ0) is 16.0. The zero-order valence-electron chi connectivity index (χ0n) is 13.6. The molecule has 1 N–H and O–H groups in total. The van der Waals surface area contributed by atoms with Gasteiger partial charge in [0.15, 0.2) is 0 Å². The van der Waals surface area contributed by atoms with Gasteiger partial charge in [-0.25, -0.2) is 8.42 Å². The summed E-state index contributed by atoms with van der Waals surface area (Å²) in [6.07, 6.45) is 4.79. The Bertz CT molecular complexity index is 544. The second kappa shape index (κ2) is 7.75. The Morgan fingerprint density at radius 3 is 2.57 bits per heavy atom. The second-order valence-electron chi connectivity index (χ2n) is 5.80. The van der Waals surface area contributed by atoms with Crippen molar-refractivity contribution in [3.63, 3.8) is 0 Å². The summed E-state index contributed by atoms with van der Waals surface area (Å²) in [7, 11) is -1.90. The quantitative estimate of drug-likeness (QED) is 0.801. The van der Waals surface area contributed by atoms with Gasteiger partial charge in [-0.15, -0.1) is 0 Å². The molecule has 1 atom stereocenters. The van der Waals surface area contributed by atoms with Gasteiger partial charge in [0.05, 0.1) is 5.69 Å². The largest absolute Gasteiger partial charge is 0.384 e. The van der Waals surface area contributed by atoms with Crippen molar-refractivity contribution in [3.8, 4) is 0 Å². The number of nitrogens with one attached hydrogen (secondary N) is 1. The summed E-state index contributed by atoms with van der Waals surface area (Å²) in [6, 6.07) is 1.66. The van der Waals surface area contributed by atoms with E-state index in [9.17, 15) is 8.42 Å². The van der Waals surface area contributed by atoms with Crippen LogP contribution in [0.2, 0.25) is 0 Å². The highest BCUT2D eigenvalue weighted by molar-refractivity contribution is 7.89. The van der Waals surface area contributed by atoms with Crippen molar-refractivity contribution in [2.24, 2.45) is 5.92 Å². The van der Waals surface area contributed by atoms with E-state index in [0.717, 1.165) is 19.4 Å². The fourth-order valence-corrected chi connectivity index (χ4v) is 3.70. The first-order valence-electron chi connectivity index (χ1n) is 7.46. The van der Waals surface area contributed by atoms with Gasteiger partial charge >= 0.3 is 0 Å². The minimum Gasteiger partial charge on any atom is -0.384 e. The van der Waals surface area contributed by atoms with Crippen LogP contribution in [0.25, 0.3) is 0 Å². The third-order valence-corrected chi connectivity index (χ3v) is 5.44. The molecule has 0 radical (unpaired) electrons. The molecule has 0 saturated heterocycles. The van der Waals surface area contributed by atoms with Crippen LogP contribution in [0.3, 0.4) is 0 Å². The molecular formula is C15H27N3O2S. The van der Waals surface area contributed by atoms with Crippen LogP contribution in [0.5, 0.6) is 0 Å². The summed E-state index contributed by atoms with van der Waals surface area (Å²) in [5.74, 6) is 0.448. The van der Waals surface area contributed by atoms with Crippen molar-refractivity contribution in [3.05, 3.63) is 18.5 Å². The van der Waals surface area contributed by atoms with Gasteiger partial charge in [-0.2, -0.15) is 4.31 Å². The molecule has 1 unspecified atom stereocenters. The first kappa shape index (κ1) is 17.9. The molecule has 21 heavy (non-hydrogen) atoms. The summed E-state index contributed by atoms with van der Waals surface area (Å²) in [4.78, 5) is 4.22. The number of nitrogens with zero attached hydrogens (tertiary/aromatic N) is 2. The van der Waals surface area contributed by atoms with E-state index in [-0.39, 0.29) is 10.9 Å². The average Bonchev–Trinajstić information content (AvgIpc) is 2.43. The van der Waals surface area contributed by atoms with Gasteiger partial charge in [0.25, 0.3) is 0 Å². The number of sulfonamides is 1. The number of anilines is 1. The molecule has 0 aromatic carbocycles. The number of pyridine rings is 1. The van der Waals surface area contributed by atoms with Crippen LogP contribution >= 0.6 is 0 Å². The maximum atomic E-state index is 12.8. The molecule has 120 valence electrons. The predicted molar refractivity (Wildman–Crippen MR) is 86.9 cm³/mol. The van der Waals surface area contributed by atoms with Crippen molar-refractivity contribution in [2.75, 3.05) is 18.9 Å². The van der Waals surface area contributed by atoms with Crippen LogP contribution in [-0.4, -0.2) is 37.3 Å². The molecule has 0 bridgehead atoms. The smallest absolute Gasteiger partial charge is 0.246 e. The van der Waals surface area contributed by atoms with E-state index in [4.69, 9.17) is 0 Å². The topological polar surface area (TPSA) is 62.3 Å². The lowest BCUT2D eigenvalue weighted by atomic mass is 10.1. The lowest BCUT2D eigenvalue weighted by Crippen LogP contribution is -2.36. The molecule has 0 aliphatic heterocycles. The average molecular weight is 313 g/mol. The van der Waals surface area contributed by atoms with Crippen LogP contribution in [-0.2, 0) is 10.0 Å². The fraction of sp³-hybridized carbons (Fsp3) is 0.667. The highest BCUT2D eigenvalue weighted by Crippen LogP contribution is 2.25. The standard InChI is InChI=1S/C15H27N3O2S/c1-6-8-17-14-7-9-16-11-15(14)21(19,20)18(5)13(4)10-12(2)3/h7,9,11-13H,6,8,10H2,1-5H3,(H,16,17). The second-order valence-corrected chi connectivity index (χ2v) is 7.76. The van der Waals surface area contributed by atoms with Crippen molar-refractivity contribution < 1.29 is 8.42 Å². The fourth-order valence-electron chi connectivity index (χ4n) is 2.21. The molecule has 0 aliphatic rings. The third kappa shape index (κ3) is 4.68. The van der Waals surface area contributed by atoms with E-state index in [1.54, 1.807) is 19.3 Å². The molecule has 1 aromatic rings. The minimum atomic E-state index is -3.54. The molecule has 1 heterocycles. The molecule has 5 nitrogen and oxygen atoms in total. The lowest BCUT2D eigenvalue weighted by molar-refractivity contribution is 0.338. The molecule has 0 saturated carbocycles. The van der Waals surface area contributed by atoms with Crippen molar-refractivity contribution >= 4 is 15.7 Å². The van der Waals surface area contributed by atoms with E-state index in [0.29, 0.717) is 11.6 Å². The van der Waals surface area contributed by atoms with Gasteiger partial charge in [0, 0.05) is 32.0 Å². The summed E-state index contributed by atoms with van der Waals surface area (Å²) < 4.78 is 27.0. The Balaban J connectivity index is 3.07. The summed E-state index contributed by atoms with van der Waals surface area (Å²) in [5.41, 5.74) is 0.621. The number of rotatable bonds is 8. The number of hydrogen-bond donors (Lipinski definition) is 1. The van der Waals surface area contributed by atoms with Gasteiger partial charge in [0.1, 0.15) is 4.90 Å². The Kier molecular flexibility index (Phi) is 6.61. The Morgan fingerprint density at radius 2 is 2.00 bits per heavy atom. The third-order valence-electron chi connectivity index (χ3n) is 3.44. The highest BCUT2D eigenvalue weighted by Gasteiger charge is 2.28. The van der Waals surface area contributed by atoms with Crippen LogP contribution in [0, 0.1) is 5.92 Å². The predicted octanol–water partition coefficient (Wildman–Crippen LogP) is 2.96. The van der Waals surface area contributed by atoms with Crippen LogP contribution in [0.4, 0.5) is 5.69 Å². The van der Waals surface area contributed by atoms with Crippen LogP contribution < -0.4 is 5.32 Å². The van der Waals surface area contributed by atoms with Gasteiger partial charge in [-0.3, -0.25) is 4.98 Å². The van der Waals surface area contributed by atoms with Gasteiger partial charge in [-0.05, 0) is 31.7 Å². The zero-order valence-corrected chi connectivity index (χ0v) is 14.4. The molecule has 0 fully saturated rings. The summed E-state index contributed by atoms with van der Waals surface area (Å²) in [5, 5.41) is 3.16. The molecule has 1 rings (SSSR count). The molecule has 0 aliphatic carbocycles. The monoisotopic (exact) mass is 313 g/mol. The Labute approximate surface area is 128 Å². The summed E-state index contributed by atoms with van der Waals surface area (Å²) >= 11 is 0. The minimum absolute atomic E-state index is 0.0470. The van der Waals surface area contributed by atoms with Gasteiger partial charge < -0.3 is 5.32 Å². The van der Waals surface area contributed by atoms with E-state index in [1.807, 2.05) is 13.8 Å². The van der Waals surface area contributed by atoms with E-state index in [1.165, 1.54) is 10.5 Å². The van der Waals surface area contributed by atoms with Gasteiger partial charge in [-0.1, -0.05) is 20.8 Å². The maximum Gasteiger partial charge on any atom is 0.246 e. The van der Waals surface area contributed by atoms with Crippen molar-refractivity contribution in [2.45, 2.75) is 51.5 Å². The number of hydrogen-bond acceptors (Lipinski definition) is 4. The molecule has 6 heteroatoms. The normalized spacial score (nSPS) is 13.7. The summed E-state index contributed by atoms with van der Waals surface area (Å²) in [6.45, 7) is 8.90. The Morgan fingerprint density at radius 1 is 1.33 bits per heavy atom. The molecule has 1 aromatic heterocycles. The van der Waals surface area contributed by atoms with E-state index in [2.05, 4.69) is 24.1 Å². The van der Waals surface area contributed by atoms with E-state index >= 15 is 0 Å². The number of aromatic nitrogens is 1. The van der Waals surface area contributed by atoms with Crippen LogP contribution in [0.15, 0.2) is 23.4 Å². The van der Waals surface area contributed by atoms with E-state index < -0.39 is 10.0 Å². The Hall–Kier alpha value is -1.14. The first-order chi connectivity index (χ1) is 9.80. The van der Waals surface area contributed by atoms with Crippen LogP contribution in [0.1, 0.15) is 40.5 Å².